The molecular formula is C46H58N4O9. The zero-order valence-corrected chi connectivity index (χ0v) is 35.3. The fraction of sp³-hybridized carbons (Fsp3) is 0.587. The van der Waals surface area contributed by atoms with E-state index >= 15 is 4.79 Å². The van der Waals surface area contributed by atoms with Gasteiger partial charge in [-0.25, -0.2) is 4.79 Å². The van der Waals surface area contributed by atoms with Crippen molar-refractivity contribution in [3.63, 3.8) is 0 Å². The molecule has 3 N–H and O–H groups in total. The molecule has 2 bridgehead atoms. The van der Waals surface area contributed by atoms with Gasteiger partial charge >= 0.3 is 17.9 Å². The van der Waals surface area contributed by atoms with Crippen LogP contribution in [0.3, 0.4) is 0 Å². The zero-order valence-electron chi connectivity index (χ0n) is 35.3. The number of hydrogen-bond donors (Lipinski definition) is 3. The van der Waals surface area contributed by atoms with E-state index in [2.05, 4.69) is 39.1 Å². The predicted molar refractivity (Wildman–Crippen MR) is 220 cm³/mol. The van der Waals surface area contributed by atoms with Gasteiger partial charge in [-0.3, -0.25) is 19.4 Å². The van der Waals surface area contributed by atoms with Gasteiger partial charge in [-0.1, -0.05) is 44.2 Å². The molecule has 13 nitrogen and oxygen atoms in total. The highest BCUT2D eigenvalue weighted by Gasteiger charge is 2.80. The first-order valence-electron chi connectivity index (χ1n) is 21.2. The maximum Gasteiger partial charge on any atom is 0.344 e. The zero-order chi connectivity index (χ0) is 41.9. The summed E-state index contributed by atoms with van der Waals surface area (Å²) in [7, 11) is 6.15. The van der Waals surface area contributed by atoms with Gasteiger partial charge in [-0.15, -0.1) is 0 Å². The van der Waals surface area contributed by atoms with Gasteiger partial charge < -0.3 is 39.0 Å². The maximum atomic E-state index is 15.3. The Labute approximate surface area is 345 Å². The summed E-state index contributed by atoms with van der Waals surface area (Å²) in [6.45, 7) is 8.62. The number of nitrogens with zero attached hydrogens (tertiary/aromatic N) is 3. The summed E-state index contributed by atoms with van der Waals surface area (Å²) < 4.78 is 23.9. The number of benzene rings is 2. The third kappa shape index (κ3) is 5.20. The van der Waals surface area contributed by atoms with Crippen LogP contribution in [0, 0.1) is 11.3 Å². The number of carbonyl (C=O) groups is 3. The Morgan fingerprint density at radius 3 is 2.41 bits per heavy atom. The minimum atomic E-state index is -2.30. The molecular weight excluding hydrogens is 753 g/mol. The van der Waals surface area contributed by atoms with E-state index in [-0.39, 0.29) is 12.0 Å². The second-order valence-corrected chi connectivity index (χ2v) is 18.2. The fourth-order valence-corrected chi connectivity index (χ4v) is 13.5. The summed E-state index contributed by atoms with van der Waals surface area (Å²) in [5.74, 6) is -1.56. The summed E-state index contributed by atoms with van der Waals surface area (Å²) in [5, 5.41) is 26.3. The van der Waals surface area contributed by atoms with Crippen LogP contribution >= 0.6 is 0 Å². The lowest BCUT2D eigenvalue weighted by atomic mass is 9.47. The van der Waals surface area contributed by atoms with E-state index in [1.54, 1.807) is 7.11 Å². The van der Waals surface area contributed by atoms with Crippen molar-refractivity contribution in [1.82, 2.24) is 14.8 Å². The molecule has 10 atom stereocenters. The number of ether oxygens (including phenoxy) is 4. The van der Waals surface area contributed by atoms with Gasteiger partial charge in [0.05, 0.1) is 33.0 Å². The van der Waals surface area contributed by atoms with Crippen LogP contribution in [0.5, 0.6) is 5.75 Å². The number of anilines is 1. The van der Waals surface area contributed by atoms with Gasteiger partial charge in [0.1, 0.15) is 11.2 Å². The van der Waals surface area contributed by atoms with E-state index in [4.69, 9.17) is 18.9 Å². The van der Waals surface area contributed by atoms with Crippen molar-refractivity contribution in [1.29, 1.82) is 0 Å². The number of esters is 3. The minimum absolute atomic E-state index is 0.0986. The van der Waals surface area contributed by atoms with E-state index in [1.165, 1.54) is 21.1 Å². The standard InChI is InChI=1S/C46H58N4O9/c1-8-42(54)23-28-24-45(40(52)57-6,36-30(15-19-49(25-28)26-42)29-13-10-11-14-33(29)47-36)32-21-31-34(22-35(32)56-5)48(4)38-44(31)17-20-50-18-12-16-43(9-2,37(44)50)39(59-27(3)51)46(38,55)41(53)58-7/h10-14,16,21-22,28,37-39,47,54-55H,8-9,15,17-20,23-26H2,1-7H3/t28-,37-,38+,39+,42+,43+,44?,45-,46-/m0/s1. The Balaban J connectivity index is 1.36. The number of rotatable bonds is 7. The number of fused-ring (bicyclic) bond motifs is 6. The van der Waals surface area contributed by atoms with Crippen molar-refractivity contribution in [2.24, 2.45) is 11.3 Å². The number of nitrogens with one attached hydrogen (secondary N) is 1. The van der Waals surface area contributed by atoms with Gasteiger partial charge in [0.2, 0.25) is 5.60 Å². The van der Waals surface area contributed by atoms with Crippen molar-refractivity contribution in [3.8, 4) is 5.75 Å². The molecule has 1 aliphatic carbocycles. The number of aliphatic hydroxyl groups is 2. The number of piperidine rings is 1. The molecule has 1 saturated carbocycles. The number of methoxy groups -OCH3 is 3. The molecule has 2 unspecified atom stereocenters. The van der Waals surface area contributed by atoms with Crippen LogP contribution in [-0.2, 0) is 45.8 Å². The molecule has 13 heteroatoms. The summed E-state index contributed by atoms with van der Waals surface area (Å²) in [5.41, 5.74) is -1.62. The summed E-state index contributed by atoms with van der Waals surface area (Å²) in [6.07, 6.45) is 5.94. The number of para-hydroxylation sites is 1. The lowest BCUT2D eigenvalue weighted by Gasteiger charge is -2.63. The Morgan fingerprint density at radius 1 is 0.949 bits per heavy atom. The molecule has 1 aromatic heterocycles. The van der Waals surface area contributed by atoms with E-state index in [0.717, 1.165) is 33.4 Å². The molecule has 2 aromatic carbocycles. The number of likely N-dealkylation sites (N-methyl/N-ethyl adjacent to an activating group) is 1. The average Bonchev–Trinajstić information content (AvgIpc) is 3.90. The number of aromatic nitrogens is 1. The minimum Gasteiger partial charge on any atom is -0.496 e. The Kier molecular flexibility index (Phi) is 9.36. The van der Waals surface area contributed by atoms with Crippen LogP contribution in [0.2, 0.25) is 0 Å². The molecule has 316 valence electrons. The maximum absolute atomic E-state index is 15.3. The molecule has 2 saturated heterocycles. The van der Waals surface area contributed by atoms with Crippen LogP contribution in [0.25, 0.3) is 10.9 Å². The van der Waals surface area contributed by atoms with Crippen molar-refractivity contribution in [2.75, 3.05) is 66.0 Å². The van der Waals surface area contributed by atoms with E-state index in [1.807, 2.05) is 50.1 Å². The molecule has 6 aliphatic rings. The van der Waals surface area contributed by atoms with Crippen LogP contribution < -0.4 is 9.64 Å². The lowest BCUT2D eigenvalue weighted by Crippen LogP contribution is -2.81. The molecule has 3 aromatic rings. The molecule has 59 heavy (non-hydrogen) atoms. The first-order chi connectivity index (χ1) is 28.2. The SMILES string of the molecule is CC[C@@]1(O)C[C@@H]2CN(CCc3c([nH]c4ccccc34)[C@@](C(=O)OC)(c3cc4c(cc3OC)N(C)[C@@H]3C45CCN4CC=C[C@](CC)([C@H]45)[C@@H](OC(C)=O)[C@]3(O)C(=O)OC)C2)C1. The highest BCUT2D eigenvalue weighted by atomic mass is 16.6. The van der Waals surface area contributed by atoms with Crippen molar-refractivity contribution >= 4 is 34.5 Å². The fourth-order valence-electron chi connectivity index (χ4n) is 13.5. The quantitative estimate of drug-likeness (QED) is 0.180. The predicted octanol–water partition coefficient (Wildman–Crippen LogP) is 3.99. The van der Waals surface area contributed by atoms with Crippen LogP contribution in [-0.4, -0.2) is 133 Å². The second kappa shape index (κ2) is 13.8. The lowest BCUT2D eigenvalue weighted by molar-refractivity contribution is -0.228. The molecule has 0 radical (unpaired) electrons. The number of aromatic amines is 1. The van der Waals surface area contributed by atoms with Gasteiger partial charge in [0.15, 0.2) is 6.10 Å². The molecule has 5 aliphatic heterocycles. The smallest absolute Gasteiger partial charge is 0.344 e. The summed E-state index contributed by atoms with van der Waals surface area (Å²) >= 11 is 0. The Bertz CT molecular complexity index is 2260. The molecule has 0 amide bonds. The largest absolute Gasteiger partial charge is 0.496 e. The highest BCUT2D eigenvalue weighted by Crippen LogP contribution is 2.68. The van der Waals surface area contributed by atoms with Crippen LogP contribution in [0.4, 0.5) is 5.69 Å². The van der Waals surface area contributed by atoms with Crippen molar-refractivity contribution in [2.45, 2.75) is 99.5 Å². The van der Waals surface area contributed by atoms with E-state index in [9.17, 15) is 19.8 Å². The number of hydrogen-bond acceptors (Lipinski definition) is 12. The van der Waals surface area contributed by atoms with Gasteiger partial charge in [0, 0.05) is 90.9 Å². The highest BCUT2D eigenvalue weighted by molar-refractivity contribution is 5.95. The molecule has 6 heterocycles. The van der Waals surface area contributed by atoms with Gasteiger partial charge in [-0.2, -0.15) is 0 Å². The van der Waals surface area contributed by atoms with Crippen LogP contribution in [0.15, 0.2) is 48.6 Å². The van der Waals surface area contributed by atoms with Gasteiger partial charge in [0.25, 0.3) is 0 Å². The first kappa shape index (κ1) is 40.0. The van der Waals surface area contributed by atoms with E-state index < -0.39 is 57.5 Å². The molecule has 1 spiro atoms. The number of carbonyl (C=O) groups excluding carboxylic acids is 3. The summed E-state index contributed by atoms with van der Waals surface area (Å²) in [6, 6.07) is 11.0. The van der Waals surface area contributed by atoms with Crippen molar-refractivity contribution in [3.05, 3.63) is 70.9 Å². The third-order valence-corrected chi connectivity index (χ3v) is 15.6. The Hall–Kier alpha value is -4.43. The monoisotopic (exact) mass is 810 g/mol. The van der Waals surface area contributed by atoms with Crippen molar-refractivity contribution < 1.29 is 43.5 Å². The summed E-state index contributed by atoms with van der Waals surface area (Å²) in [4.78, 5) is 53.2. The van der Waals surface area contributed by atoms with Gasteiger partial charge in [-0.05, 0) is 74.2 Å². The van der Waals surface area contributed by atoms with E-state index in [0.29, 0.717) is 82.6 Å². The number of H-pyrrole nitrogens is 1. The van der Waals surface area contributed by atoms with Crippen LogP contribution in [0.1, 0.15) is 75.3 Å². The average molecular weight is 811 g/mol. The topological polar surface area (TPSA) is 154 Å². The molecule has 9 rings (SSSR count). The third-order valence-electron chi connectivity index (χ3n) is 15.6. The first-order valence-corrected chi connectivity index (χ1v) is 21.2. The Morgan fingerprint density at radius 2 is 1.71 bits per heavy atom. The molecule has 3 fully saturated rings. The normalized spacial score (nSPS) is 37.0. The second-order valence-electron chi connectivity index (χ2n) is 18.2.